The van der Waals surface area contributed by atoms with E-state index in [0.29, 0.717) is 41.2 Å². The Morgan fingerprint density at radius 2 is 1.94 bits per heavy atom. The lowest BCUT2D eigenvalue weighted by molar-refractivity contribution is -0.113. The van der Waals surface area contributed by atoms with Gasteiger partial charge in [0.2, 0.25) is 5.91 Å². The standard InChI is InChI=1S/C27H33ClN4O3S/c1-6-15-32-24(8-7-16-35-21-12-9-19(10-13-21)27(2,3)4)30-31-26(32)36-18-25(33)29-20-11-14-23(34-5)22(28)17-20/h6,9-14,17H,1,7-8,15-16,18H2,2-5H3,(H,29,33). The van der Waals surface area contributed by atoms with E-state index in [4.69, 9.17) is 21.1 Å². The summed E-state index contributed by atoms with van der Waals surface area (Å²) in [5.41, 5.74) is 2.00. The van der Waals surface area contributed by atoms with E-state index in [0.717, 1.165) is 18.0 Å². The number of methoxy groups -OCH3 is 1. The number of hydrogen-bond donors (Lipinski definition) is 1. The van der Waals surface area contributed by atoms with E-state index in [1.54, 1.807) is 31.4 Å². The average molecular weight is 529 g/mol. The van der Waals surface area contributed by atoms with Crippen LogP contribution in [0.1, 0.15) is 38.6 Å². The van der Waals surface area contributed by atoms with Crippen molar-refractivity contribution in [2.24, 2.45) is 0 Å². The zero-order valence-corrected chi connectivity index (χ0v) is 22.8. The minimum absolute atomic E-state index is 0.119. The van der Waals surface area contributed by atoms with Gasteiger partial charge in [-0.15, -0.1) is 16.8 Å². The Hall–Kier alpha value is -2.97. The number of ether oxygens (including phenoxy) is 2. The monoisotopic (exact) mass is 528 g/mol. The minimum Gasteiger partial charge on any atom is -0.495 e. The van der Waals surface area contributed by atoms with E-state index < -0.39 is 0 Å². The van der Waals surface area contributed by atoms with Gasteiger partial charge < -0.3 is 19.4 Å². The van der Waals surface area contributed by atoms with Crippen LogP contribution < -0.4 is 14.8 Å². The van der Waals surface area contributed by atoms with Crippen molar-refractivity contribution in [3.63, 3.8) is 0 Å². The summed E-state index contributed by atoms with van der Waals surface area (Å²) in [4.78, 5) is 12.4. The number of carbonyl (C=O) groups is 1. The molecule has 9 heteroatoms. The van der Waals surface area contributed by atoms with Gasteiger partial charge in [-0.05, 0) is 47.7 Å². The van der Waals surface area contributed by atoms with Crippen molar-refractivity contribution in [2.45, 2.75) is 50.7 Å². The number of nitrogens with one attached hydrogen (secondary N) is 1. The molecule has 192 valence electrons. The average Bonchev–Trinajstić information content (AvgIpc) is 3.22. The Kier molecular flexibility index (Phi) is 9.84. The summed E-state index contributed by atoms with van der Waals surface area (Å²) in [5, 5.41) is 12.6. The molecule has 7 nitrogen and oxygen atoms in total. The topological polar surface area (TPSA) is 78.3 Å². The van der Waals surface area contributed by atoms with Gasteiger partial charge in [-0.25, -0.2) is 0 Å². The molecule has 36 heavy (non-hydrogen) atoms. The molecule has 0 saturated heterocycles. The first-order valence-electron chi connectivity index (χ1n) is 11.7. The molecule has 1 heterocycles. The van der Waals surface area contributed by atoms with Crippen LogP contribution in [-0.2, 0) is 23.2 Å². The first-order chi connectivity index (χ1) is 17.2. The van der Waals surface area contributed by atoms with E-state index >= 15 is 0 Å². The second-order valence-corrected chi connectivity index (χ2v) is 10.6. The van der Waals surface area contributed by atoms with Gasteiger partial charge in [-0.3, -0.25) is 4.79 Å². The predicted molar refractivity (Wildman–Crippen MR) is 147 cm³/mol. The van der Waals surface area contributed by atoms with Crippen LogP contribution in [0.2, 0.25) is 5.02 Å². The molecule has 3 aromatic rings. The van der Waals surface area contributed by atoms with Crippen molar-refractivity contribution >= 4 is 35.0 Å². The highest BCUT2D eigenvalue weighted by molar-refractivity contribution is 7.99. The summed E-state index contributed by atoms with van der Waals surface area (Å²) in [7, 11) is 1.54. The second-order valence-electron chi connectivity index (χ2n) is 9.21. The number of rotatable bonds is 12. The summed E-state index contributed by atoms with van der Waals surface area (Å²) in [5.74, 6) is 2.27. The number of nitrogens with zero attached hydrogens (tertiary/aromatic N) is 3. The van der Waals surface area contributed by atoms with Crippen LogP contribution in [0.4, 0.5) is 5.69 Å². The lowest BCUT2D eigenvalue weighted by atomic mass is 9.87. The quantitative estimate of drug-likeness (QED) is 0.172. The molecular weight excluding hydrogens is 496 g/mol. The van der Waals surface area contributed by atoms with E-state index in [2.05, 4.69) is 55.0 Å². The minimum atomic E-state index is -0.165. The molecule has 0 atom stereocenters. The molecule has 0 radical (unpaired) electrons. The number of carbonyl (C=O) groups excluding carboxylic acids is 1. The molecule has 0 unspecified atom stereocenters. The second kappa shape index (κ2) is 12.8. The normalized spacial score (nSPS) is 11.2. The summed E-state index contributed by atoms with van der Waals surface area (Å²) in [6.45, 7) is 11.6. The number of thioether (sulfide) groups is 1. The molecule has 0 aliphatic carbocycles. The molecular formula is C27H33ClN4O3S. The molecule has 3 rings (SSSR count). The molecule has 1 N–H and O–H groups in total. The van der Waals surface area contributed by atoms with Gasteiger partial charge in [-0.1, -0.05) is 62.3 Å². The summed E-state index contributed by atoms with van der Waals surface area (Å²) in [6.07, 6.45) is 3.29. The third-order valence-corrected chi connectivity index (χ3v) is 6.67. The van der Waals surface area contributed by atoms with Crippen LogP contribution in [0, 0.1) is 0 Å². The Labute approximate surface area is 222 Å². The largest absolute Gasteiger partial charge is 0.495 e. The van der Waals surface area contributed by atoms with Gasteiger partial charge in [0, 0.05) is 18.7 Å². The van der Waals surface area contributed by atoms with E-state index in [9.17, 15) is 4.79 Å². The first-order valence-corrected chi connectivity index (χ1v) is 13.1. The SMILES string of the molecule is C=CCn1c(CCCOc2ccc(C(C)(C)C)cc2)nnc1SCC(=O)Nc1ccc(OC)c(Cl)c1. The van der Waals surface area contributed by atoms with Crippen LogP contribution >= 0.6 is 23.4 Å². The van der Waals surface area contributed by atoms with Crippen LogP contribution in [-0.4, -0.2) is 40.1 Å². The van der Waals surface area contributed by atoms with Gasteiger partial charge in [0.1, 0.15) is 17.3 Å². The van der Waals surface area contributed by atoms with E-state index in [1.807, 2.05) is 16.7 Å². The number of hydrogen-bond acceptors (Lipinski definition) is 6. The maximum Gasteiger partial charge on any atom is 0.234 e. The van der Waals surface area contributed by atoms with Gasteiger partial charge in [0.05, 0.1) is 24.5 Å². The fourth-order valence-corrected chi connectivity index (χ4v) is 4.49. The lowest BCUT2D eigenvalue weighted by Gasteiger charge is -2.19. The highest BCUT2D eigenvalue weighted by atomic mass is 35.5. The van der Waals surface area contributed by atoms with Crippen molar-refractivity contribution in [2.75, 3.05) is 24.8 Å². The van der Waals surface area contributed by atoms with Gasteiger partial charge in [0.15, 0.2) is 5.16 Å². The zero-order chi connectivity index (χ0) is 26.1. The molecule has 0 spiro atoms. The van der Waals surface area contributed by atoms with Gasteiger partial charge in [0.25, 0.3) is 0 Å². The van der Waals surface area contributed by atoms with Crippen molar-refractivity contribution < 1.29 is 14.3 Å². The molecule has 1 aromatic heterocycles. The number of aryl methyl sites for hydroxylation is 1. The Morgan fingerprint density at radius 3 is 2.58 bits per heavy atom. The lowest BCUT2D eigenvalue weighted by Crippen LogP contribution is -2.15. The number of aromatic nitrogens is 3. The van der Waals surface area contributed by atoms with Crippen molar-refractivity contribution in [1.82, 2.24) is 14.8 Å². The number of anilines is 1. The van der Waals surface area contributed by atoms with Gasteiger partial charge in [-0.2, -0.15) is 0 Å². The van der Waals surface area contributed by atoms with Gasteiger partial charge >= 0.3 is 0 Å². The molecule has 0 bridgehead atoms. The highest BCUT2D eigenvalue weighted by Crippen LogP contribution is 2.28. The fraction of sp³-hybridized carbons (Fsp3) is 0.370. The third kappa shape index (κ3) is 7.77. The molecule has 0 fully saturated rings. The summed E-state index contributed by atoms with van der Waals surface area (Å²) < 4.78 is 13.0. The van der Waals surface area contributed by atoms with Crippen molar-refractivity contribution in [3.8, 4) is 11.5 Å². The van der Waals surface area contributed by atoms with Crippen molar-refractivity contribution in [1.29, 1.82) is 0 Å². The fourth-order valence-electron chi connectivity index (χ4n) is 3.47. The van der Waals surface area contributed by atoms with E-state index in [-0.39, 0.29) is 17.1 Å². The molecule has 0 saturated carbocycles. The maximum absolute atomic E-state index is 12.4. The zero-order valence-electron chi connectivity index (χ0n) is 21.2. The van der Waals surface area contributed by atoms with Crippen LogP contribution in [0.3, 0.4) is 0 Å². The molecule has 1 amide bonds. The predicted octanol–water partition coefficient (Wildman–Crippen LogP) is 6.17. The number of benzene rings is 2. The smallest absolute Gasteiger partial charge is 0.234 e. The number of amides is 1. The summed E-state index contributed by atoms with van der Waals surface area (Å²) >= 11 is 7.46. The molecule has 0 aliphatic rings. The Balaban J connectivity index is 1.50. The highest BCUT2D eigenvalue weighted by Gasteiger charge is 2.15. The van der Waals surface area contributed by atoms with Crippen molar-refractivity contribution in [3.05, 3.63) is 71.5 Å². The Bertz CT molecular complexity index is 1170. The molecule has 0 aliphatic heterocycles. The van der Waals surface area contributed by atoms with E-state index in [1.165, 1.54) is 17.3 Å². The maximum atomic E-state index is 12.4. The first kappa shape index (κ1) is 27.6. The number of allylic oxidation sites excluding steroid dienone is 1. The van der Waals surface area contributed by atoms with Crippen LogP contribution in [0.25, 0.3) is 0 Å². The molecule has 2 aromatic carbocycles. The van der Waals surface area contributed by atoms with Crippen LogP contribution in [0.15, 0.2) is 60.3 Å². The Morgan fingerprint density at radius 1 is 1.19 bits per heavy atom. The van der Waals surface area contributed by atoms with Crippen LogP contribution in [0.5, 0.6) is 11.5 Å². The number of halogens is 1. The third-order valence-electron chi connectivity index (χ3n) is 5.41. The summed E-state index contributed by atoms with van der Waals surface area (Å²) in [6, 6.07) is 13.4.